The fourth-order valence-corrected chi connectivity index (χ4v) is 3.19. The van der Waals surface area contributed by atoms with Gasteiger partial charge in [0.1, 0.15) is 11.6 Å². The van der Waals surface area contributed by atoms with Gasteiger partial charge in [-0.3, -0.25) is 9.48 Å². The first-order valence-electron chi connectivity index (χ1n) is 8.87. The van der Waals surface area contributed by atoms with Crippen LogP contribution >= 0.6 is 0 Å². The van der Waals surface area contributed by atoms with Gasteiger partial charge in [0, 0.05) is 42.2 Å². The summed E-state index contributed by atoms with van der Waals surface area (Å²) in [5, 5.41) is 10.7. The normalized spacial score (nSPS) is 11.2. The number of aryl methyl sites for hydroxylation is 1. The zero-order valence-corrected chi connectivity index (χ0v) is 15.4. The van der Waals surface area contributed by atoms with Crippen LogP contribution in [0.3, 0.4) is 0 Å². The van der Waals surface area contributed by atoms with E-state index in [9.17, 15) is 4.79 Å². The van der Waals surface area contributed by atoms with Crippen LogP contribution in [0.1, 0.15) is 0 Å². The standard InChI is InChI=1S/C20H16N8O/c1-28-10-13(9-23-28)12-6-14(19(21)22-8-12)20-24-16-3-2-11(7-17(16)25-20)15-4-5-18(29)27-26-15/h2-10H,1H3,(H2,21,22)(H,24,25)(H,27,29). The number of anilines is 1. The van der Waals surface area contributed by atoms with Gasteiger partial charge in [-0.1, -0.05) is 6.07 Å². The van der Waals surface area contributed by atoms with Crippen LogP contribution in [0, 0.1) is 0 Å². The van der Waals surface area contributed by atoms with E-state index in [2.05, 4.69) is 30.2 Å². The summed E-state index contributed by atoms with van der Waals surface area (Å²) in [4.78, 5) is 23.5. The smallest absolute Gasteiger partial charge is 0.264 e. The van der Waals surface area contributed by atoms with Crippen LogP contribution in [0.2, 0.25) is 0 Å². The van der Waals surface area contributed by atoms with Gasteiger partial charge in [-0.2, -0.15) is 10.2 Å². The van der Waals surface area contributed by atoms with E-state index < -0.39 is 0 Å². The van der Waals surface area contributed by atoms with E-state index >= 15 is 0 Å². The molecule has 5 rings (SSSR count). The molecule has 1 aromatic carbocycles. The second-order valence-electron chi connectivity index (χ2n) is 6.68. The number of hydrogen-bond donors (Lipinski definition) is 3. The number of aromatic amines is 2. The maximum Gasteiger partial charge on any atom is 0.264 e. The Hall–Kier alpha value is -4.27. The van der Waals surface area contributed by atoms with Crippen LogP contribution in [0.4, 0.5) is 5.82 Å². The molecule has 9 nitrogen and oxygen atoms in total. The highest BCUT2D eigenvalue weighted by atomic mass is 16.1. The number of nitrogens with one attached hydrogen (secondary N) is 2. The molecule has 5 aromatic rings. The van der Waals surface area contributed by atoms with Crippen LogP contribution in [-0.4, -0.2) is 34.9 Å². The number of nitrogen functional groups attached to an aromatic ring is 1. The quantitative estimate of drug-likeness (QED) is 0.438. The van der Waals surface area contributed by atoms with Crippen LogP contribution in [0.25, 0.3) is 44.8 Å². The Balaban J connectivity index is 1.58. The van der Waals surface area contributed by atoms with Crippen molar-refractivity contribution in [3.8, 4) is 33.8 Å². The van der Waals surface area contributed by atoms with E-state index in [-0.39, 0.29) is 5.56 Å². The highest BCUT2D eigenvalue weighted by Gasteiger charge is 2.13. The molecule has 4 N–H and O–H groups in total. The minimum absolute atomic E-state index is 0.241. The van der Waals surface area contributed by atoms with E-state index in [1.54, 1.807) is 23.1 Å². The Bertz CT molecular complexity index is 1390. The van der Waals surface area contributed by atoms with Gasteiger partial charge in [0.15, 0.2) is 0 Å². The van der Waals surface area contributed by atoms with Crippen LogP contribution in [-0.2, 0) is 7.05 Å². The zero-order chi connectivity index (χ0) is 20.0. The number of hydrogen-bond acceptors (Lipinski definition) is 6. The number of nitrogens with zero attached hydrogens (tertiary/aromatic N) is 5. The van der Waals surface area contributed by atoms with E-state index in [1.165, 1.54) is 6.07 Å². The van der Waals surface area contributed by atoms with Crippen molar-refractivity contribution >= 4 is 16.9 Å². The predicted octanol–water partition coefficient (Wildman–Crippen LogP) is 2.36. The molecule has 29 heavy (non-hydrogen) atoms. The first-order chi connectivity index (χ1) is 14.1. The molecule has 0 amide bonds. The molecule has 0 fully saturated rings. The largest absolute Gasteiger partial charge is 0.383 e. The molecule has 0 aliphatic rings. The van der Waals surface area contributed by atoms with Crippen molar-refractivity contribution in [3.05, 3.63) is 65.3 Å². The van der Waals surface area contributed by atoms with Gasteiger partial charge in [0.2, 0.25) is 0 Å². The molecular weight excluding hydrogens is 368 g/mol. The molecule has 4 heterocycles. The van der Waals surface area contributed by atoms with Crippen LogP contribution < -0.4 is 11.3 Å². The summed E-state index contributed by atoms with van der Waals surface area (Å²) in [5.74, 6) is 1.02. The number of rotatable bonds is 3. The molecule has 9 heteroatoms. The minimum Gasteiger partial charge on any atom is -0.383 e. The average molecular weight is 384 g/mol. The lowest BCUT2D eigenvalue weighted by atomic mass is 10.1. The van der Waals surface area contributed by atoms with Crippen LogP contribution in [0.5, 0.6) is 0 Å². The Labute approximate surface area is 164 Å². The number of pyridine rings is 1. The molecule has 0 spiro atoms. The van der Waals surface area contributed by atoms with E-state index in [0.717, 1.165) is 27.7 Å². The monoisotopic (exact) mass is 384 g/mol. The third kappa shape index (κ3) is 3.04. The summed E-state index contributed by atoms with van der Waals surface area (Å²) in [6.07, 6.45) is 5.41. The molecule has 142 valence electrons. The SMILES string of the molecule is Cn1cc(-c2cnc(N)c(-c3nc4ccc(-c5ccc(=O)[nH]n5)cc4[nH]3)c2)cn1. The molecule has 0 aliphatic carbocycles. The molecule has 0 saturated carbocycles. The lowest BCUT2D eigenvalue weighted by molar-refractivity contribution is 0.768. The molecule has 0 aliphatic heterocycles. The highest BCUT2D eigenvalue weighted by Crippen LogP contribution is 2.30. The Kier molecular flexibility index (Phi) is 3.73. The van der Waals surface area contributed by atoms with Gasteiger partial charge in [-0.05, 0) is 24.3 Å². The van der Waals surface area contributed by atoms with Gasteiger partial charge in [-0.25, -0.2) is 15.1 Å². The number of benzene rings is 1. The van der Waals surface area contributed by atoms with Gasteiger partial charge >= 0.3 is 0 Å². The predicted molar refractivity (Wildman–Crippen MR) is 110 cm³/mol. The summed E-state index contributed by atoms with van der Waals surface area (Å²) in [7, 11) is 1.86. The van der Waals surface area contributed by atoms with E-state index in [1.807, 2.05) is 37.5 Å². The Morgan fingerprint density at radius 1 is 1.03 bits per heavy atom. The fourth-order valence-electron chi connectivity index (χ4n) is 3.19. The Morgan fingerprint density at radius 2 is 1.93 bits per heavy atom. The molecule has 0 unspecified atom stereocenters. The molecular formula is C20H16N8O. The van der Waals surface area contributed by atoms with Crippen molar-refractivity contribution in [1.29, 1.82) is 0 Å². The topological polar surface area (TPSA) is 131 Å². The summed E-state index contributed by atoms with van der Waals surface area (Å²) >= 11 is 0. The molecule has 0 atom stereocenters. The zero-order valence-electron chi connectivity index (χ0n) is 15.4. The summed E-state index contributed by atoms with van der Waals surface area (Å²) in [5.41, 5.74) is 11.6. The van der Waals surface area contributed by atoms with Crippen LogP contribution in [0.15, 0.2) is 59.8 Å². The fraction of sp³-hybridized carbons (Fsp3) is 0.0500. The second kappa shape index (κ2) is 6.41. The lowest BCUT2D eigenvalue weighted by Crippen LogP contribution is -2.05. The summed E-state index contributed by atoms with van der Waals surface area (Å²) in [6.45, 7) is 0. The lowest BCUT2D eigenvalue weighted by Gasteiger charge is -2.04. The number of fused-ring (bicyclic) bond motifs is 1. The van der Waals surface area contributed by atoms with Crippen molar-refractivity contribution < 1.29 is 0 Å². The Morgan fingerprint density at radius 3 is 2.69 bits per heavy atom. The third-order valence-corrected chi connectivity index (χ3v) is 4.67. The number of nitrogens with two attached hydrogens (primary N) is 1. The maximum atomic E-state index is 11.2. The van der Waals surface area contributed by atoms with Crippen molar-refractivity contribution in [2.75, 3.05) is 5.73 Å². The highest BCUT2D eigenvalue weighted by molar-refractivity contribution is 5.86. The summed E-state index contributed by atoms with van der Waals surface area (Å²) in [6, 6.07) is 10.8. The first kappa shape index (κ1) is 16.9. The van der Waals surface area contributed by atoms with Crippen molar-refractivity contribution in [1.82, 2.24) is 34.9 Å². The van der Waals surface area contributed by atoms with Gasteiger partial charge in [0.25, 0.3) is 5.56 Å². The van der Waals surface area contributed by atoms with Crippen molar-refractivity contribution in [2.24, 2.45) is 7.05 Å². The number of H-pyrrole nitrogens is 2. The van der Waals surface area contributed by atoms with Gasteiger partial charge in [-0.15, -0.1) is 0 Å². The number of imidazole rings is 1. The molecule has 4 aromatic heterocycles. The van der Waals surface area contributed by atoms with Gasteiger partial charge < -0.3 is 10.7 Å². The molecule has 0 saturated heterocycles. The maximum absolute atomic E-state index is 11.2. The minimum atomic E-state index is -0.241. The number of aromatic nitrogens is 7. The molecule has 0 bridgehead atoms. The van der Waals surface area contributed by atoms with E-state index in [0.29, 0.717) is 22.9 Å². The third-order valence-electron chi connectivity index (χ3n) is 4.67. The molecule has 0 radical (unpaired) electrons. The van der Waals surface area contributed by atoms with Crippen molar-refractivity contribution in [2.45, 2.75) is 0 Å². The summed E-state index contributed by atoms with van der Waals surface area (Å²) < 4.78 is 1.74. The van der Waals surface area contributed by atoms with Gasteiger partial charge in [0.05, 0.1) is 28.5 Å². The van der Waals surface area contributed by atoms with E-state index in [4.69, 9.17) is 5.73 Å². The second-order valence-corrected chi connectivity index (χ2v) is 6.68. The first-order valence-corrected chi connectivity index (χ1v) is 8.87. The van der Waals surface area contributed by atoms with Crippen molar-refractivity contribution in [3.63, 3.8) is 0 Å². The average Bonchev–Trinajstić information content (AvgIpc) is 3.34.